The van der Waals surface area contributed by atoms with Gasteiger partial charge in [0.25, 0.3) is 0 Å². The van der Waals surface area contributed by atoms with E-state index in [1.54, 1.807) is 58.3 Å². The summed E-state index contributed by atoms with van der Waals surface area (Å²) in [7, 11) is 0. The van der Waals surface area contributed by atoms with Gasteiger partial charge in [-0.05, 0) is 92.0 Å². The number of amides is 2. The maximum atomic E-state index is 12.4. The quantitative estimate of drug-likeness (QED) is 0.0614. The molecule has 4 aliphatic rings. The first-order chi connectivity index (χ1) is 37.0. The van der Waals surface area contributed by atoms with Gasteiger partial charge in [-0.1, -0.05) is 29.1 Å². The van der Waals surface area contributed by atoms with Gasteiger partial charge >= 0.3 is 12.2 Å². The fourth-order valence-electron chi connectivity index (χ4n) is 8.91. The predicted octanol–water partition coefficient (Wildman–Crippen LogP) is 3.52. The van der Waals surface area contributed by atoms with Crippen LogP contribution in [0.5, 0.6) is 11.5 Å². The predicted molar refractivity (Wildman–Crippen MR) is 287 cm³/mol. The molecule has 2 unspecified atom stereocenters. The molecule has 4 fully saturated rings. The number of likely N-dealkylation sites (tertiary alicyclic amines) is 2. The van der Waals surface area contributed by atoms with Crippen molar-refractivity contribution in [2.24, 2.45) is 11.8 Å². The maximum Gasteiger partial charge on any atom is 0.415 e. The summed E-state index contributed by atoms with van der Waals surface area (Å²) in [5.74, 6) is 11.1. The number of imidazole rings is 2. The molecule has 10 rings (SSSR count). The Morgan fingerprint density at radius 1 is 0.662 bits per heavy atom. The van der Waals surface area contributed by atoms with Crippen LogP contribution in [0.2, 0.25) is 10.0 Å². The number of nitrogens with two attached hydrogens (primary N) is 2. The summed E-state index contributed by atoms with van der Waals surface area (Å²) < 4.78 is 25.1. The molecule has 0 saturated carbocycles. The van der Waals surface area contributed by atoms with Crippen molar-refractivity contribution in [1.82, 2.24) is 48.8 Å². The minimum Gasteiger partial charge on any atom is -0.410 e. The molecule has 4 saturated heterocycles. The largest absolute Gasteiger partial charge is 0.415 e. The second kappa shape index (κ2) is 26.0. The molecule has 0 bridgehead atoms. The first-order valence-corrected chi connectivity index (χ1v) is 26.2. The van der Waals surface area contributed by atoms with E-state index >= 15 is 0 Å². The van der Waals surface area contributed by atoms with Crippen molar-refractivity contribution in [1.29, 1.82) is 0 Å². The van der Waals surface area contributed by atoms with Gasteiger partial charge in [0.2, 0.25) is 5.82 Å². The summed E-state index contributed by atoms with van der Waals surface area (Å²) >= 11 is 13.6. The van der Waals surface area contributed by atoms with Crippen LogP contribution in [0.1, 0.15) is 56.8 Å². The molecule has 6 aromatic rings. The summed E-state index contributed by atoms with van der Waals surface area (Å²) in [6, 6.07) is 13.4. The normalized spacial score (nSPS) is 23.5. The molecule has 0 radical (unpaired) electrons. The average molecular weight is 1210 g/mol. The highest BCUT2D eigenvalue weighted by Crippen LogP contribution is 2.34. The van der Waals surface area contributed by atoms with Gasteiger partial charge in [0.05, 0.1) is 25.9 Å². The number of halogens is 3. The van der Waals surface area contributed by atoms with E-state index in [1.807, 2.05) is 22.6 Å². The first-order valence-electron chi connectivity index (χ1n) is 24.3. The fourth-order valence-corrected chi connectivity index (χ4v) is 9.65. The van der Waals surface area contributed by atoms with Crippen LogP contribution in [0.3, 0.4) is 0 Å². The van der Waals surface area contributed by atoms with Crippen LogP contribution in [0, 0.1) is 39.9 Å². The van der Waals surface area contributed by atoms with Crippen LogP contribution in [0.25, 0.3) is 22.3 Å². The molecule has 0 aliphatic carbocycles. The summed E-state index contributed by atoms with van der Waals surface area (Å²) in [5, 5.41) is 59.9. The van der Waals surface area contributed by atoms with Crippen LogP contribution in [-0.4, -0.2) is 168 Å². The number of aromatic nitrogens is 8. The Balaban J connectivity index is 0.000000169. The lowest BCUT2D eigenvalue weighted by Gasteiger charge is -2.30. The molecule has 4 aliphatic heterocycles. The molecule has 2 aromatic carbocycles. The van der Waals surface area contributed by atoms with Crippen LogP contribution in [-0.2, 0) is 9.47 Å². The van der Waals surface area contributed by atoms with Gasteiger partial charge in [-0.3, -0.25) is 9.13 Å². The van der Waals surface area contributed by atoms with E-state index in [0.29, 0.717) is 92.1 Å². The molecule has 2 amide bonds. The van der Waals surface area contributed by atoms with E-state index in [9.17, 15) is 35.1 Å². The highest BCUT2D eigenvalue weighted by atomic mass is 127. The second-order valence-electron chi connectivity index (χ2n) is 18.3. The highest BCUT2D eigenvalue weighted by molar-refractivity contribution is 14.1. The SMILES string of the molecule is C#CCC1CCN(C(=O)Oc2ccc(Cl)cc2)CC1.Nc1nc(C#CCC2CCN(C(=O)Oc3ccc(Cl)cc3)CC2)nc2c1ncn2[C@@H]1O[C@H](CO)[C@H](O)C1O.Nc1nc(I)nc2c1ncn2[C@@H]1O[C@H](CO)[C@H](O)C1O. The molecule has 8 heterocycles. The molecular formula is C50H55Cl2IN12O12. The number of rotatable bonds is 8. The Kier molecular flexibility index (Phi) is 19.2. The summed E-state index contributed by atoms with van der Waals surface area (Å²) in [6.07, 6.45) is 3.64. The Hall–Kier alpha value is -6.21. The molecule has 77 heavy (non-hydrogen) atoms. The number of carbonyl (C=O) groups is 2. The van der Waals surface area contributed by atoms with Crippen molar-refractivity contribution in [2.75, 3.05) is 50.9 Å². The molecule has 8 atom stereocenters. The summed E-state index contributed by atoms with van der Waals surface area (Å²) in [6.45, 7) is 1.71. The lowest BCUT2D eigenvalue weighted by molar-refractivity contribution is -0.0511. The van der Waals surface area contributed by atoms with Gasteiger partial charge < -0.3 is 70.9 Å². The number of piperidine rings is 2. The zero-order valence-corrected chi connectivity index (χ0v) is 44.7. The van der Waals surface area contributed by atoms with E-state index in [0.717, 1.165) is 32.1 Å². The Morgan fingerprint density at radius 3 is 1.52 bits per heavy atom. The van der Waals surface area contributed by atoms with Crippen molar-refractivity contribution >= 4 is 91.9 Å². The van der Waals surface area contributed by atoms with Crippen LogP contribution < -0.4 is 20.9 Å². The molecular weight excluding hydrogens is 1160 g/mol. The number of hydrogen-bond acceptors (Lipinski definition) is 20. The first kappa shape index (κ1) is 57.0. The number of nitrogens with zero attached hydrogens (tertiary/aromatic N) is 10. The monoisotopic (exact) mass is 1210 g/mol. The van der Waals surface area contributed by atoms with Crippen molar-refractivity contribution in [3.63, 3.8) is 0 Å². The Bertz CT molecular complexity index is 3110. The number of aliphatic hydroxyl groups is 6. The zero-order chi connectivity index (χ0) is 54.9. The van der Waals surface area contributed by atoms with Gasteiger partial charge in [0.15, 0.2) is 39.2 Å². The van der Waals surface area contributed by atoms with E-state index in [4.69, 9.17) is 65.1 Å². The summed E-state index contributed by atoms with van der Waals surface area (Å²) in [4.78, 5) is 52.9. The van der Waals surface area contributed by atoms with Crippen molar-refractivity contribution in [2.45, 2.75) is 87.6 Å². The van der Waals surface area contributed by atoms with E-state index in [2.05, 4.69) is 47.7 Å². The number of hydrogen-bond donors (Lipinski definition) is 8. The number of anilines is 2. The molecule has 408 valence electrons. The number of nitrogen functional groups attached to an aromatic ring is 2. The zero-order valence-electron chi connectivity index (χ0n) is 41.0. The minimum atomic E-state index is -1.29. The Morgan fingerprint density at radius 2 is 1.09 bits per heavy atom. The van der Waals surface area contributed by atoms with Crippen molar-refractivity contribution in [3.05, 3.63) is 80.9 Å². The maximum absolute atomic E-state index is 12.4. The third kappa shape index (κ3) is 13.7. The number of carbonyl (C=O) groups excluding carboxylic acids is 2. The molecule has 4 aromatic heterocycles. The molecule has 0 spiro atoms. The minimum absolute atomic E-state index is 0.123. The van der Waals surface area contributed by atoms with Crippen LogP contribution >= 0.6 is 45.8 Å². The highest BCUT2D eigenvalue weighted by Gasteiger charge is 2.45. The van der Waals surface area contributed by atoms with E-state index < -0.39 is 62.3 Å². The lowest BCUT2D eigenvalue weighted by Crippen LogP contribution is -2.40. The average Bonchev–Trinajstić information content (AvgIpc) is 4.28. The summed E-state index contributed by atoms with van der Waals surface area (Å²) in [5.41, 5.74) is 13.2. The number of benzene rings is 2. The molecule has 10 N–H and O–H groups in total. The topological polar surface area (TPSA) is 338 Å². The van der Waals surface area contributed by atoms with Gasteiger partial charge in [0.1, 0.15) is 59.2 Å². The number of aliphatic hydroxyl groups excluding tert-OH is 6. The molecule has 27 heteroatoms. The number of ether oxygens (including phenoxy) is 4. The van der Waals surface area contributed by atoms with Gasteiger partial charge in [-0.2, -0.15) is 0 Å². The fraction of sp³-hybridized carbons (Fsp3) is 0.440. The van der Waals surface area contributed by atoms with E-state index in [1.165, 1.54) is 21.8 Å². The van der Waals surface area contributed by atoms with Gasteiger partial charge in [-0.15, -0.1) is 12.3 Å². The number of fused-ring (bicyclic) bond motifs is 2. The third-order valence-electron chi connectivity index (χ3n) is 13.2. The van der Waals surface area contributed by atoms with Gasteiger partial charge in [0, 0.05) is 71.7 Å². The number of terminal acetylenes is 1. The standard InChI is InChI=1S/C25H27ClN6O6.C15H16ClNO2.C10H12IN5O4/c26-15-4-6-16(7-5-15)37-25(36)31-10-8-14(9-11-31)2-1-3-18-29-22(27)19-23(30-18)32(13-28-19)24-21(35)20(34)17(12-33)38-24;1-2-3-12-8-10-17(11-9-12)15(18)19-14-6-4-13(16)5-7-14;11-10-14-7(12)4-8(15-10)16(2-13-4)9-6(19)5(18)3(1-17)20-9/h4-7,13-14,17,20-21,24,33-35H,2,8-12H2,(H2,27,29,30);1,4-7,12H,3,8-11H2;2-3,5-6,9,17-19H,1H2,(H2,12,14,15)/t17-,20+,21?,24-;;3-,5+,6?,9-/m1.1/s1. The van der Waals surface area contributed by atoms with Crippen molar-refractivity contribution in [3.8, 4) is 35.7 Å². The lowest BCUT2D eigenvalue weighted by atomic mass is 9.94. The van der Waals surface area contributed by atoms with Crippen molar-refractivity contribution < 1.29 is 59.2 Å². The third-order valence-corrected chi connectivity index (χ3v) is 14.2. The Labute approximate surface area is 464 Å². The van der Waals surface area contributed by atoms with Gasteiger partial charge in [-0.25, -0.2) is 39.5 Å². The molecule has 24 nitrogen and oxygen atoms in total. The van der Waals surface area contributed by atoms with E-state index in [-0.39, 0.29) is 29.6 Å². The van der Waals surface area contributed by atoms with Crippen LogP contribution in [0.15, 0.2) is 61.2 Å². The smallest absolute Gasteiger partial charge is 0.410 e. The second-order valence-corrected chi connectivity index (χ2v) is 20.2. The van der Waals surface area contributed by atoms with Crippen LogP contribution in [0.4, 0.5) is 21.2 Å².